The van der Waals surface area contributed by atoms with Crippen LogP contribution >= 0.6 is 11.6 Å². The maximum absolute atomic E-state index is 14.6. The van der Waals surface area contributed by atoms with E-state index in [1.165, 1.54) is 25.1 Å². The lowest BCUT2D eigenvalue weighted by Crippen LogP contribution is -2.39. The SMILES string of the molecule is Cc1cccc(F)c1C(O)C(=N)C(O)NC1=CCC(Oc2ccc(C(F)(F)F)cc2Cl)C=C1F. The Labute approximate surface area is 196 Å². The molecule has 2 aromatic rings. The Hall–Kier alpha value is -2.95. The fraction of sp³-hybridized carbons (Fsp3) is 0.261. The molecule has 1 aliphatic rings. The largest absolute Gasteiger partial charge is 0.484 e. The number of aliphatic hydroxyl groups is 2. The predicted molar refractivity (Wildman–Crippen MR) is 116 cm³/mol. The van der Waals surface area contributed by atoms with Crippen LogP contribution in [0.25, 0.3) is 0 Å². The van der Waals surface area contributed by atoms with Gasteiger partial charge in [-0.1, -0.05) is 29.8 Å². The number of hydrogen-bond donors (Lipinski definition) is 4. The topological polar surface area (TPSA) is 85.6 Å². The molecule has 0 radical (unpaired) electrons. The maximum Gasteiger partial charge on any atom is 0.416 e. The van der Waals surface area contributed by atoms with Crippen LogP contribution in [0.5, 0.6) is 5.75 Å². The number of benzene rings is 2. The highest BCUT2D eigenvalue weighted by Crippen LogP contribution is 2.36. The van der Waals surface area contributed by atoms with Crippen LogP contribution in [0, 0.1) is 18.2 Å². The minimum Gasteiger partial charge on any atom is -0.484 e. The first-order chi connectivity index (χ1) is 15.9. The van der Waals surface area contributed by atoms with E-state index in [9.17, 15) is 32.2 Å². The monoisotopic (exact) mass is 502 g/mol. The number of ether oxygens (including phenoxy) is 1. The molecule has 0 bridgehead atoms. The molecule has 182 valence electrons. The van der Waals surface area contributed by atoms with Crippen LogP contribution in [0.4, 0.5) is 22.0 Å². The molecule has 0 aromatic heterocycles. The molecule has 2 aromatic carbocycles. The van der Waals surface area contributed by atoms with Crippen LogP contribution in [0.1, 0.15) is 29.2 Å². The Kier molecular flexibility index (Phi) is 7.64. The van der Waals surface area contributed by atoms with Crippen LogP contribution in [0.2, 0.25) is 5.02 Å². The van der Waals surface area contributed by atoms with E-state index in [0.717, 1.165) is 24.3 Å². The number of nitrogens with one attached hydrogen (secondary N) is 2. The van der Waals surface area contributed by atoms with Gasteiger partial charge >= 0.3 is 6.18 Å². The zero-order valence-corrected chi connectivity index (χ0v) is 18.4. The van der Waals surface area contributed by atoms with Gasteiger partial charge in [0.1, 0.15) is 29.6 Å². The van der Waals surface area contributed by atoms with E-state index in [4.69, 9.17) is 21.7 Å². The number of halogens is 6. The van der Waals surface area contributed by atoms with Crippen molar-refractivity contribution in [2.45, 2.75) is 38.0 Å². The first kappa shape index (κ1) is 25.7. The molecule has 0 aliphatic heterocycles. The zero-order valence-electron chi connectivity index (χ0n) is 17.6. The Morgan fingerprint density at radius 2 is 1.91 bits per heavy atom. The van der Waals surface area contributed by atoms with Gasteiger partial charge in [0.25, 0.3) is 0 Å². The van der Waals surface area contributed by atoms with Gasteiger partial charge in [-0.25, -0.2) is 8.78 Å². The van der Waals surface area contributed by atoms with E-state index in [0.29, 0.717) is 11.6 Å². The minimum atomic E-state index is -4.57. The van der Waals surface area contributed by atoms with Crippen molar-refractivity contribution in [2.75, 3.05) is 0 Å². The van der Waals surface area contributed by atoms with Crippen molar-refractivity contribution in [1.29, 1.82) is 5.41 Å². The van der Waals surface area contributed by atoms with Gasteiger partial charge in [0, 0.05) is 12.0 Å². The average Bonchev–Trinajstić information content (AvgIpc) is 2.75. The fourth-order valence-electron chi connectivity index (χ4n) is 3.32. The molecule has 0 heterocycles. The molecule has 0 saturated heterocycles. The molecule has 0 saturated carbocycles. The van der Waals surface area contributed by atoms with Gasteiger partial charge < -0.3 is 25.7 Å². The second-order valence-electron chi connectivity index (χ2n) is 7.54. The lowest BCUT2D eigenvalue weighted by atomic mass is 9.98. The van der Waals surface area contributed by atoms with Crippen molar-refractivity contribution >= 4 is 17.3 Å². The summed E-state index contributed by atoms with van der Waals surface area (Å²) < 4.78 is 72.4. The summed E-state index contributed by atoms with van der Waals surface area (Å²) in [6.07, 6.45) is -6.70. The highest BCUT2D eigenvalue weighted by molar-refractivity contribution is 6.32. The van der Waals surface area contributed by atoms with Gasteiger partial charge in [0.05, 0.1) is 22.0 Å². The van der Waals surface area contributed by atoms with Crippen molar-refractivity contribution in [3.8, 4) is 5.75 Å². The Morgan fingerprint density at radius 1 is 1.21 bits per heavy atom. The molecular formula is C23H20ClF5N2O3. The van der Waals surface area contributed by atoms with Crippen LogP contribution in [-0.4, -0.2) is 28.3 Å². The Balaban J connectivity index is 1.65. The summed E-state index contributed by atoms with van der Waals surface area (Å²) in [4.78, 5) is 0. The maximum atomic E-state index is 14.6. The number of aryl methyl sites for hydroxylation is 1. The summed E-state index contributed by atoms with van der Waals surface area (Å²) in [6, 6.07) is 6.59. The van der Waals surface area contributed by atoms with E-state index < -0.39 is 47.5 Å². The molecule has 34 heavy (non-hydrogen) atoms. The Morgan fingerprint density at radius 3 is 2.50 bits per heavy atom. The van der Waals surface area contributed by atoms with Gasteiger partial charge in [-0.15, -0.1) is 0 Å². The molecule has 11 heteroatoms. The third-order valence-corrected chi connectivity index (χ3v) is 5.40. The molecule has 0 spiro atoms. The number of allylic oxidation sites excluding steroid dienone is 1. The zero-order chi connectivity index (χ0) is 25.2. The van der Waals surface area contributed by atoms with Crippen molar-refractivity contribution in [1.82, 2.24) is 5.32 Å². The first-order valence-corrected chi connectivity index (χ1v) is 10.3. The first-order valence-electron chi connectivity index (χ1n) is 9.95. The highest BCUT2D eigenvalue weighted by Gasteiger charge is 2.31. The summed E-state index contributed by atoms with van der Waals surface area (Å²) in [5.41, 5.74) is -1.66. The van der Waals surface area contributed by atoms with Gasteiger partial charge in [-0.2, -0.15) is 13.2 Å². The second kappa shape index (κ2) is 10.1. The van der Waals surface area contributed by atoms with E-state index in [1.807, 2.05) is 0 Å². The van der Waals surface area contributed by atoms with E-state index in [1.54, 1.807) is 0 Å². The normalized spacial score (nSPS) is 18.0. The van der Waals surface area contributed by atoms with E-state index >= 15 is 0 Å². The quantitative estimate of drug-likeness (QED) is 0.233. The van der Waals surface area contributed by atoms with Crippen molar-refractivity contribution in [3.05, 3.63) is 87.6 Å². The average molecular weight is 503 g/mol. The predicted octanol–water partition coefficient (Wildman–Crippen LogP) is 5.36. The van der Waals surface area contributed by atoms with Crippen molar-refractivity contribution in [3.63, 3.8) is 0 Å². The molecule has 5 nitrogen and oxygen atoms in total. The molecular weight excluding hydrogens is 483 g/mol. The van der Waals surface area contributed by atoms with E-state index in [2.05, 4.69) is 5.32 Å². The molecule has 3 atom stereocenters. The van der Waals surface area contributed by atoms with Crippen LogP contribution in [0.15, 0.2) is 60.1 Å². The minimum absolute atomic E-state index is 0.0577. The molecule has 3 rings (SSSR count). The Bertz CT molecular complexity index is 1130. The summed E-state index contributed by atoms with van der Waals surface area (Å²) in [5, 5.41) is 30.6. The lowest BCUT2D eigenvalue weighted by Gasteiger charge is -2.25. The van der Waals surface area contributed by atoms with Crippen LogP contribution in [0.3, 0.4) is 0 Å². The summed E-state index contributed by atoms with van der Waals surface area (Å²) in [5.74, 6) is -1.70. The van der Waals surface area contributed by atoms with E-state index in [-0.39, 0.29) is 28.5 Å². The molecule has 4 N–H and O–H groups in total. The van der Waals surface area contributed by atoms with Crippen molar-refractivity contribution < 1.29 is 36.9 Å². The molecule has 0 amide bonds. The molecule has 3 unspecified atom stereocenters. The van der Waals surface area contributed by atoms with Crippen LogP contribution in [-0.2, 0) is 6.18 Å². The summed E-state index contributed by atoms with van der Waals surface area (Å²) >= 11 is 5.85. The molecule has 0 fully saturated rings. The number of alkyl halides is 3. The van der Waals surface area contributed by atoms with Gasteiger partial charge in [0.2, 0.25) is 0 Å². The van der Waals surface area contributed by atoms with Gasteiger partial charge in [0.15, 0.2) is 6.23 Å². The summed E-state index contributed by atoms with van der Waals surface area (Å²) in [7, 11) is 0. The van der Waals surface area contributed by atoms with Crippen molar-refractivity contribution in [2.24, 2.45) is 0 Å². The lowest BCUT2D eigenvalue weighted by molar-refractivity contribution is -0.137. The number of hydrogen-bond acceptors (Lipinski definition) is 5. The number of aliphatic hydroxyl groups excluding tert-OH is 2. The third kappa shape index (κ3) is 5.75. The third-order valence-electron chi connectivity index (χ3n) is 5.11. The fourth-order valence-corrected chi connectivity index (χ4v) is 3.54. The highest BCUT2D eigenvalue weighted by atomic mass is 35.5. The second-order valence-corrected chi connectivity index (χ2v) is 7.95. The standard InChI is InChI=1S/C23H20ClF5N2O3/c1-11-3-2-4-15(25)19(11)21(32)20(30)22(33)31-17-7-6-13(10-16(17)26)34-18-8-5-12(9-14(18)24)23(27,28)29/h2-5,7-10,13,21-22,30-33H,6H2,1H3. The number of rotatable bonds is 7. The van der Waals surface area contributed by atoms with Gasteiger partial charge in [-0.3, -0.25) is 0 Å². The smallest absolute Gasteiger partial charge is 0.416 e. The van der Waals surface area contributed by atoms with Gasteiger partial charge in [-0.05, 0) is 42.8 Å². The van der Waals surface area contributed by atoms with Crippen LogP contribution < -0.4 is 10.1 Å². The summed E-state index contributed by atoms with van der Waals surface area (Å²) in [6.45, 7) is 1.53. The molecule has 1 aliphatic carbocycles.